The van der Waals surface area contributed by atoms with Gasteiger partial charge in [-0.15, -0.1) is 0 Å². The molecule has 3 N–H and O–H groups in total. The summed E-state index contributed by atoms with van der Waals surface area (Å²) in [7, 11) is 0. The Kier molecular flexibility index (Phi) is 2.70. The third kappa shape index (κ3) is 2.15. The molecule has 1 aliphatic rings. The molecule has 0 amide bonds. The van der Waals surface area contributed by atoms with Crippen LogP contribution in [0.1, 0.15) is 38.2 Å². The van der Waals surface area contributed by atoms with Crippen molar-refractivity contribution in [3.63, 3.8) is 0 Å². The van der Waals surface area contributed by atoms with Crippen LogP contribution < -0.4 is 5.73 Å². The molecule has 0 unspecified atom stereocenters. The van der Waals surface area contributed by atoms with Gasteiger partial charge in [-0.25, -0.2) is 0 Å². The Morgan fingerprint density at radius 1 is 1.33 bits per heavy atom. The van der Waals surface area contributed by atoms with E-state index in [9.17, 15) is 5.11 Å². The summed E-state index contributed by atoms with van der Waals surface area (Å²) in [6.07, 6.45) is 4.42. The van der Waals surface area contributed by atoms with Crippen LogP contribution in [0.4, 0.5) is 0 Å². The van der Waals surface area contributed by atoms with Gasteiger partial charge in [0, 0.05) is 5.54 Å². The van der Waals surface area contributed by atoms with E-state index >= 15 is 0 Å². The van der Waals surface area contributed by atoms with E-state index in [1.54, 1.807) is 12.1 Å². The van der Waals surface area contributed by atoms with Crippen LogP contribution in [0.2, 0.25) is 0 Å². The molecule has 0 radical (unpaired) electrons. The zero-order valence-corrected chi connectivity index (χ0v) is 9.24. The topological polar surface area (TPSA) is 46.2 Å². The fourth-order valence-electron chi connectivity index (χ4n) is 2.38. The third-order valence-corrected chi connectivity index (χ3v) is 3.59. The Hall–Kier alpha value is -1.02. The largest absolute Gasteiger partial charge is 0.508 e. The molecule has 2 nitrogen and oxygen atoms in total. The minimum Gasteiger partial charge on any atom is -0.508 e. The summed E-state index contributed by atoms with van der Waals surface area (Å²) < 4.78 is 0. The highest BCUT2D eigenvalue weighted by molar-refractivity contribution is 5.32. The maximum absolute atomic E-state index is 9.45. The maximum atomic E-state index is 9.45. The van der Waals surface area contributed by atoms with Crippen molar-refractivity contribution in [3.05, 3.63) is 29.8 Å². The highest BCUT2D eigenvalue weighted by Crippen LogP contribution is 2.37. The van der Waals surface area contributed by atoms with Crippen molar-refractivity contribution in [1.82, 2.24) is 0 Å². The normalized spacial score (nSPS) is 31.5. The van der Waals surface area contributed by atoms with Gasteiger partial charge >= 0.3 is 0 Å². The molecule has 82 valence electrons. The van der Waals surface area contributed by atoms with E-state index in [4.69, 9.17) is 5.73 Å². The van der Waals surface area contributed by atoms with Crippen LogP contribution in [0.5, 0.6) is 5.75 Å². The number of rotatable bonds is 1. The van der Waals surface area contributed by atoms with Crippen LogP contribution in [0.3, 0.4) is 0 Å². The number of phenols is 1. The average molecular weight is 205 g/mol. The molecule has 2 rings (SSSR count). The molecular weight excluding hydrogens is 186 g/mol. The monoisotopic (exact) mass is 205 g/mol. The Bertz CT molecular complexity index is 340. The van der Waals surface area contributed by atoms with Gasteiger partial charge in [0.2, 0.25) is 0 Å². The average Bonchev–Trinajstić information content (AvgIpc) is 2.23. The quantitative estimate of drug-likeness (QED) is 0.740. The van der Waals surface area contributed by atoms with E-state index in [1.165, 1.54) is 12.8 Å². The molecule has 1 aliphatic carbocycles. The van der Waals surface area contributed by atoms with Crippen molar-refractivity contribution >= 4 is 0 Å². The smallest absolute Gasteiger partial charge is 0.115 e. The second-order valence-corrected chi connectivity index (χ2v) is 4.89. The van der Waals surface area contributed by atoms with E-state index in [2.05, 4.69) is 6.92 Å². The predicted octanol–water partition coefficient (Wildman–Crippen LogP) is 2.76. The second-order valence-electron chi connectivity index (χ2n) is 4.89. The number of aromatic hydroxyl groups is 1. The molecule has 1 saturated carbocycles. The van der Waals surface area contributed by atoms with Crippen LogP contribution >= 0.6 is 0 Å². The summed E-state index contributed by atoms with van der Waals surface area (Å²) in [5.74, 6) is 1.11. The highest BCUT2D eigenvalue weighted by atomic mass is 16.3. The summed E-state index contributed by atoms with van der Waals surface area (Å²) in [5, 5.41) is 9.45. The molecule has 0 spiro atoms. The first-order valence-electron chi connectivity index (χ1n) is 5.68. The van der Waals surface area contributed by atoms with Gasteiger partial charge in [0.1, 0.15) is 5.75 Å². The zero-order chi connectivity index (χ0) is 10.9. The van der Waals surface area contributed by atoms with Gasteiger partial charge in [-0.2, -0.15) is 0 Å². The van der Waals surface area contributed by atoms with Gasteiger partial charge in [-0.1, -0.05) is 19.1 Å². The molecular formula is C13H19NO. The maximum Gasteiger partial charge on any atom is 0.115 e. The first-order chi connectivity index (χ1) is 7.10. The Morgan fingerprint density at radius 3 is 2.60 bits per heavy atom. The van der Waals surface area contributed by atoms with Gasteiger partial charge in [-0.05, 0) is 49.3 Å². The number of benzene rings is 1. The van der Waals surface area contributed by atoms with E-state index < -0.39 is 0 Å². The molecule has 2 heteroatoms. The van der Waals surface area contributed by atoms with Gasteiger partial charge in [0.15, 0.2) is 0 Å². The van der Waals surface area contributed by atoms with Crippen LogP contribution in [0, 0.1) is 5.92 Å². The molecule has 1 fully saturated rings. The lowest BCUT2D eigenvalue weighted by Crippen LogP contribution is -2.40. The zero-order valence-electron chi connectivity index (χ0n) is 9.24. The molecule has 0 atom stereocenters. The van der Waals surface area contributed by atoms with Crippen molar-refractivity contribution in [2.24, 2.45) is 11.7 Å². The van der Waals surface area contributed by atoms with Crippen molar-refractivity contribution in [2.75, 3.05) is 0 Å². The lowest BCUT2D eigenvalue weighted by Gasteiger charge is -2.36. The fourth-order valence-corrected chi connectivity index (χ4v) is 2.38. The van der Waals surface area contributed by atoms with Crippen molar-refractivity contribution in [3.8, 4) is 5.75 Å². The van der Waals surface area contributed by atoms with Crippen LogP contribution in [-0.2, 0) is 5.54 Å². The molecule has 0 heterocycles. The van der Waals surface area contributed by atoms with Gasteiger partial charge < -0.3 is 10.8 Å². The Balaban J connectivity index is 2.22. The van der Waals surface area contributed by atoms with Gasteiger partial charge in [0.05, 0.1) is 0 Å². The standard InChI is InChI=1S/C13H19NO/c1-10-5-7-13(14,8-6-10)11-3-2-4-12(15)9-11/h2-4,9-10,15H,5-8,14H2,1H3. The van der Waals surface area contributed by atoms with Crippen LogP contribution in [0.25, 0.3) is 0 Å². The molecule has 0 aromatic heterocycles. The van der Waals surface area contributed by atoms with Crippen molar-refractivity contribution in [2.45, 2.75) is 38.1 Å². The van der Waals surface area contributed by atoms with Gasteiger partial charge in [0.25, 0.3) is 0 Å². The number of phenolic OH excluding ortho intramolecular Hbond substituents is 1. The second kappa shape index (κ2) is 3.86. The van der Waals surface area contributed by atoms with E-state index in [0.29, 0.717) is 5.75 Å². The molecule has 1 aromatic rings. The molecule has 0 saturated heterocycles. The summed E-state index contributed by atoms with van der Waals surface area (Å²) in [6.45, 7) is 2.28. The highest BCUT2D eigenvalue weighted by Gasteiger charge is 2.31. The third-order valence-electron chi connectivity index (χ3n) is 3.59. The molecule has 0 aliphatic heterocycles. The minimum absolute atomic E-state index is 0.217. The first-order valence-corrected chi connectivity index (χ1v) is 5.68. The van der Waals surface area contributed by atoms with Gasteiger partial charge in [-0.3, -0.25) is 0 Å². The number of hydrogen-bond donors (Lipinski definition) is 2. The SMILES string of the molecule is CC1CCC(N)(c2cccc(O)c2)CC1. The summed E-state index contributed by atoms with van der Waals surface area (Å²) in [5.41, 5.74) is 7.26. The molecule has 0 bridgehead atoms. The number of nitrogens with two attached hydrogens (primary N) is 1. The van der Waals surface area contributed by atoms with E-state index in [-0.39, 0.29) is 5.54 Å². The van der Waals surface area contributed by atoms with Crippen molar-refractivity contribution in [1.29, 1.82) is 0 Å². The Morgan fingerprint density at radius 2 is 2.00 bits per heavy atom. The van der Waals surface area contributed by atoms with Crippen LogP contribution in [0.15, 0.2) is 24.3 Å². The summed E-state index contributed by atoms with van der Waals surface area (Å²) >= 11 is 0. The summed E-state index contributed by atoms with van der Waals surface area (Å²) in [4.78, 5) is 0. The minimum atomic E-state index is -0.217. The number of hydrogen-bond acceptors (Lipinski definition) is 2. The van der Waals surface area contributed by atoms with Crippen LogP contribution in [-0.4, -0.2) is 5.11 Å². The van der Waals surface area contributed by atoms with Crippen molar-refractivity contribution < 1.29 is 5.11 Å². The fraction of sp³-hybridized carbons (Fsp3) is 0.538. The summed E-state index contributed by atoms with van der Waals surface area (Å²) in [6, 6.07) is 7.39. The lowest BCUT2D eigenvalue weighted by atomic mass is 9.74. The predicted molar refractivity (Wildman–Crippen MR) is 61.6 cm³/mol. The molecule has 15 heavy (non-hydrogen) atoms. The van der Waals surface area contributed by atoms with E-state index in [1.807, 2.05) is 12.1 Å². The first kappa shape index (κ1) is 10.5. The van der Waals surface area contributed by atoms with E-state index in [0.717, 1.165) is 24.3 Å². The Labute approximate surface area is 91.1 Å². The molecule has 1 aromatic carbocycles. The lowest BCUT2D eigenvalue weighted by molar-refractivity contribution is 0.247.